The van der Waals surface area contributed by atoms with Gasteiger partial charge in [0, 0.05) is 6.42 Å². The SMILES string of the molecule is CCCCCC/C=C\CCCC(=O)NC(CO)C(O)CCCCCCCCCCCCCCCCCCCC. The average molecular weight is 552 g/mol. The van der Waals surface area contributed by atoms with Gasteiger partial charge in [0.2, 0.25) is 5.91 Å². The molecule has 0 saturated heterocycles. The Bertz CT molecular complexity index is 522. The molecule has 2 atom stereocenters. The van der Waals surface area contributed by atoms with E-state index in [1.54, 1.807) is 0 Å². The summed E-state index contributed by atoms with van der Waals surface area (Å²) in [5, 5.41) is 22.9. The Hall–Kier alpha value is -0.870. The standard InChI is InChI=1S/C35H69NO3/c1-3-5-7-9-11-13-14-15-16-17-18-19-20-21-23-24-26-28-30-34(38)33(32-37)36-35(39)31-29-27-25-22-12-10-8-6-4-2/h22,25,33-34,37-38H,3-21,23-24,26-32H2,1-2H3,(H,36,39)/b25-22-. The monoisotopic (exact) mass is 552 g/mol. The minimum atomic E-state index is -0.664. The summed E-state index contributed by atoms with van der Waals surface area (Å²) in [5.41, 5.74) is 0. The zero-order chi connectivity index (χ0) is 28.7. The Labute approximate surface area is 244 Å². The number of rotatable bonds is 31. The Balaban J connectivity index is 3.54. The lowest BCUT2D eigenvalue weighted by atomic mass is 10.0. The van der Waals surface area contributed by atoms with Crippen LogP contribution in [0, 0.1) is 0 Å². The van der Waals surface area contributed by atoms with Crippen molar-refractivity contribution < 1.29 is 15.0 Å². The van der Waals surface area contributed by atoms with Gasteiger partial charge in [-0.15, -0.1) is 0 Å². The minimum absolute atomic E-state index is 0.0674. The molecule has 0 aromatic heterocycles. The third-order valence-corrected chi connectivity index (χ3v) is 8.03. The fourth-order valence-electron chi connectivity index (χ4n) is 5.30. The number of hydrogen-bond acceptors (Lipinski definition) is 3. The first-order valence-corrected chi connectivity index (χ1v) is 17.4. The van der Waals surface area contributed by atoms with Crippen LogP contribution in [0.4, 0.5) is 0 Å². The van der Waals surface area contributed by atoms with E-state index in [9.17, 15) is 15.0 Å². The van der Waals surface area contributed by atoms with Crippen molar-refractivity contribution in [3.63, 3.8) is 0 Å². The van der Waals surface area contributed by atoms with Gasteiger partial charge < -0.3 is 15.5 Å². The van der Waals surface area contributed by atoms with E-state index in [1.807, 2.05) is 0 Å². The quantitative estimate of drug-likeness (QED) is 0.0593. The number of nitrogens with one attached hydrogen (secondary N) is 1. The van der Waals surface area contributed by atoms with Gasteiger partial charge in [-0.05, 0) is 32.1 Å². The maximum atomic E-state index is 12.2. The fraction of sp³-hybridized carbons (Fsp3) is 0.914. The number of unbranched alkanes of at least 4 members (excludes halogenated alkanes) is 22. The van der Waals surface area contributed by atoms with Gasteiger partial charge in [0.05, 0.1) is 18.8 Å². The topological polar surface area (TPSA) is 69.6 Å². The van der Waals surface area contributed by atoms with Crippen molar-refractivity contribution in [3.8, 4) is 0 Å². The molecule has 4 heteroatoms. The number of carbonyl (C=O) groups excluding carboxylic acids is 1. The van der Waals surface area contributed by atoms with Gasteiger partial charge in [-0.3, -0.25) is 4.79 Å². The molecule has 0 heterocycles. The Morgan fingerprint density at radius 1 is 0.590 bits per heavy atom. The van der Waals surface area contributed by atoms with E-state index in [0.29, 0.717) is 12.8 Å². The van der Waals surface area contributed by atoms with Crippen LogP contribution < -0.4 is 5.32 Å². The summed E-state index contributed by atoms with van der Waals surface area (Å²) >= 11 is 0. The molecule has 0 aliphatic heterocycles. The summed E-state index contributed by atoms with van der Waals surface area (Å²) in [6.07, 6.45) is 37.0. The molecule has 3 N–H and O–H groups in total. The average Bonchev–Trinajstić information content (AvgIpc) is 2.94. The maximum absolute atomic E-state index is 12.2. The summed E-state index contributed by atoms with van der Waals surface area (Å²) in [6, 6.07) is -0.544. The lowest BCUT2D eigenvalue weighted by molar-refractivity contribution is -0.123. The maximum Gasteiger partial charge on any atom is 0.220 e. The van der Waals surface area contributed by atoms with E-state index in [2.05, 4.69) is 31.3 Å². The van der Waals surface area contributed by atoms with Crippen LogP contribution in [0.5, 0.6) is 0 Å². The van der Waals surface area contributed by atoms with E-state index >= 15 is 0 Å². The highest BCUT2D eigenvalue weighted by Gasteiger charge is 2.19. The normalized spacial score (nSPS) is 13.2. The highest BCUT2D eigenvalue weighted by atomic mass is 16.3. The second-order valence-corrected chi connectivity index (χ2v) is 11.9. The number of carbonyl (C=O) groups is 1. The van der Waals surface area contributed by atoms with Crippen molar-refractivity contribution in [2.45, 2.75) is 199 Å². The summed E-state index contributed by atoms with van der Waals surface area (Å²) in [7, 11) is 0. The largest absolute Gasteiger partial charge is 0.394 e. The van der Waals surface area contributed by atoms with Gasteiger partial charge in [0.1, 0.15) is 0 Å². The third-order valence-electron chi connectivity index (χ3n) is 8.03. The highest BCUT2D eigenvalue weighted by Crippen LogP contribution is 2.15. The van der Waals surface area contributed by atoms with Gasteiger partial charge >= 0.3 is 0 Å². The summed E-state index contributed by atoms with van der Waals surface area (Å²) in [5.74, 6) is -0.0674. The molecule has 232 valence electrons. The number of aliphatic hydroxyl groups is 2. The van der Waals surface area contributed by atoms with Gasteiger partial charge in [0.25, 0.3) is 0 Å². The fourth-order valence-corrected chi connectivity index (χ4v) is 5.30. The molecular weight excluding hydrogens is 482 g/mol. The van der Waals surface area contributed by atoms with Crippen LogP contribution in [-0.2, 0) is 4.79 Å². The van der Waals surface area contributed by atoms with E-state index in [-0.39, 0.29) is 12.5 Å². The van der Waals surface area contributed by atoms with Gasteiger partial charge in [-0.2, -0.15) is 0 Å². The van der Waals surface area contributed by atoms with Crippen molar-refractivity contribution >= 4 is 5.91 Å². The molecule has 0 aromatic carbocycles. The number of aliphatic hydroxyl groups excluding tert-OH is 2. The van der Waals surface area contributed by atoms with Crippen molar-refractivity contribution in [1.82, 2.24) is 5.32 Å². The Morgan fingerprint density at radius 3 is 1.41 bits per heavy atom. The van der Waals surface area contributed by atoms with Gasteiger partial charge in [0.15, 0.2) is 0 Å². The van der Waals surface area contributed by atoms with Crippen LogP contribution in [0.1, 0.15) is 187 Å². The zero-order valence-electron chi connectivity index (χ0n) is 26.4. The first-order valence-electron chi connectivity index (χ1n) is 17.4. The van der Waals surface area contributed by atoms with E-state index in [4.69, 9.17) is 0 Å². The van der Waals surface area contributed by atoms with Crippen LogP contribution in [-0.4, -0.2) is 34.9 Å². The molecule has 0 aliphatic carbocycles. The number of amides is 1. The summed E-state index contributed by atoms with van der Waals surface area (Å²) < 4.78 is 0. The van der Waals surface area contributed by atoms with Crippen molar-refractivity contribution in [1.29, 1.82) is 0 Å². The van der Waals surface area contributed by atoms with Crippen LogP contribution >= 0.6 is 0 Å². The Kier molecular flexibility index (Phi) is 30.9. The van der Waals surface area contributed by atoms with E-state index in [1.165, 1.54) is 128 Å². The lowest BCUT2D eigenvalue weighted by Crippen LogP contribution is -2.45. The molecule has 0 fully saturated rings. The molecule has 0 aromatic rings. The third kappa shape index (κ3) is 28.5. The molecule has 0 bridgehead atoms. The van der Waals surface area contributed by atoms with Crippen LogP contribution in [0.2, 0.25) is 0 Å². The molecular formula is C35H69NO3. The lowest BCUT2D eigenvalue weighted by Gasteiger charge is -2.22. The molecule has 0 rings (SSSR count). The van der Waals surface area contributed by atoms with Crippen LogP contribution in [0.3, 0.4) is 0 Å². The summed E-state index contributed by atoms with van der Waals surface area (Å²) in [4.78, 5) is 12.2. The molecule has 0 spiro atoms. The van der Waals surface area contributed by atoms with E-state index in [0.717, 1.165) is 32.1 Å². The molecule has 0 saturated carbocycles. The molecule has 0 aliphatic rings. The molecule has 39 heavy (non-hydrogen) atoms. The van der Waals surface area contributed by atoms with Crippen molar-refractivity contribution in [3.05, 3.63) is 12.2 Å². The highest BCUT2D eigenvalue weighted by molar-refractivity contribution is 5.76. The first-order chi connectivity index (χ1) is 19.2. The molecule has 1 amide bonds. The van der Waals surface area contributed by atoms with Crippen molar-refractivity contribution in [2.24, 2.45) is 0 Å². The molecule has 0 radical (unpaired) electrons. The zero-order valence-corrected chi connectivity index (χ0v) is 26.4. The van der Waals surface area contributed by atoms with Crippen LogP contribution in [0.15, 0.2) is 12.2 Å². The van der Waals surface area contributed by atoms with Gasteiger partial charge in [-0.1, -0.05) is 161 Å². The Morgan fingerprint density at radius 2 is 0.974 bits per heavy atom. The van der Waals surface area contributed by atoms with Crippen LogP contribution in [0.25, 0.3) is 0 Å². The van der Waals surface area contributed by atoms with Gasteiger partial charge in [-0.25, -0.2) is 0 Å². The number of hydrogen-bond donors (Lipinski definition) is 3. The molecule has 2 unspecified atom stereocenters. The second kappa shape index (κ2) is 31.7. The van der Waals surface area contributed by atoms with E-state index < -0.39 is 12.1 Å². The smallest absolute Gasteiger partial charge is 0.220 e. The van der Waals surface area contributed by atoms with Crippen molar-refractivity contribution in [2.75, 3.05) is 6.61 Å². The number of allylic oxidation sites excluding steroid dienone is 2. The predicted molar refractivity (Wildman–Crippen MR) is 170 cm³/mol. The first kappa shape index (κ1) is 38.1. The minimum Gasteiger partial charge on any atom is -0.394 e. The molecule has 4 nitrogen and oxygen atoms in total. The second-order valence-electron chi connectivity index (χ2n) is 11.9. The summed E-state index contributed by atoms with van der Waals surface area (Å²) in [6.45, 7) is 4.30. The predicted octanol–water partition coefficient (Wildman–Crippen LogP) is 9.95.